The van der Waals surface area contributed by atoms with Crippen LogP contribution in [0, 0.1) is 11.8 Å². The van der Waals surface area contributed by atoms with Gasteiger partial charge in [-0.05, 0) is 41.3 Å². The van der Waals surface area contributed by atoms with E-state index in [4.69, 9.17) is 11.5 Å². The van der Waals surface area contributed by atoms with Gasteiger partial charge in [-0.25, -0.2) is 9.78 Å². The first-order valence-electron chi connectivity index (χ1n) is 9.96. The van der Waals surface area contributed by atoms with Crippen LogP contribution in [0.4, 0.5) is 35.2 Å². The monoisotopic (exact) mass is 481 g/mol. The van der Waals surface area contributed by atoms with Gasteiger partial charge in [-0.3, -0.25) is 0 Å². The number of carbonyl (C=O) groups excluding carboxylic acids is 1. The Kier molecular flexibility index (Phi) is 6.40. The van der Waals surface area contributed by atoms with Gasteiger partial charge in [-0.1, -0.05) is 30.0 Å². The molecule has 0 aliphatic heterocycles. The molecule has 4 rings (SSSR count). The van der Waals surface area contributed by atoms with Gasteiger partial charge < -0.3 is 22.1 Å². The molecule has 6 N–H and O–H groups in total. The number of hydrogen-bond acceptors (Lipinski definition) is 5. The lowest BCUT2D eigenvalue weighted by Crippen LogP contribution is -2.19. The second-order valence-electron chi connectivity index (χ2n) is 7.15. The van der Waals surface area contributed by atoms with Gasteiger partial charge >= 0.3 is 12.2 Å². The second-order valence-corrected chi connectivity index (χ2v) is 8.03. The molecule has 2 aromatic heterocycles. The van der Waals surface area contributed by atoms with Gasteiger partial charge in [0.1, 0.15) is 5.82 Å². The van der Waals surface area contributed by atoms with Crippen molar-refractivity contribution in [2.24, 2.45) is 5.73 Å². The zero-order valence-electron chi connectivity index (χ0n) is 17.5. The molecule has 0 saturated carbocycles. The fourth-order valence-electron chi connectivity index (χ4n) is 3.32. The number of benzene rings is 2. The lowest BCUT2D eigenvalue weighted by Gasteiger charge is -2.11. The molecular formula is C24H18F3N5OS. The normalized spacial score (nSPS) is 11.1. The van der Waals surface area contributed by atoms with E-state index in [1.807, 2.05) is 5.38 Å². The van der Waals surface area contributed by atoms with Crippen LogP contribution in [0.3, 0.4) is 0 Å². The van der Waals surface area contributed by atoms with Crippen LogP contribution in [0.25, 0.3) is 21.2 Å². The molecule has 2 amide bonds. The molecule has 0 fully saturated rings. The van der Waals surface area contributed by atoms with E-state index in [2.05, 4.69) is 27.5 Å². The Labute approximate surface area is 196 Å². The summed E-state index contributed by atoms with van der Waals surface area (Å²) in [6.07, 6.45) is -2.87. The van der Waals surface area contributed by atoms with Gasteiger partial charge in [-0.2, -0.15) is 13.2 Å². The highest BCUT2D eigenvalue weighted by atomic mass is 32.1. The van der Waals surface area contributed by atoms with Crippen LogP contribution in [0.15, 0.2) is 60.1 Å². The summed E-state index contributed by atoms with van der Waals surface area (Å²) in [5, 5.41) is 7.76. The van der Waals surface area contributed by atoms with Crippen LogP contribution >= 0.6 is 11.3 Å². The van der Waals surface area contributed by atoms with Crippen LogP contribution in [0.5, 0.6) is 0 Å². The highest BCUT2D eigenvalue weighted by Crippen LogP contribution is 2.38. The summed E-state index contributed by atoms with van der Waals surface area (Å²) in [6, 6.07) is 10.7. The molecule has 34 heavy (non-hydrogen) atoms. The van der Waals surface area contributed by atoms with Crippen molar-refractivity contribution in [3.8, 4) is 23.0 Å². The predicted molar refractivity (Wildman–Crippen MR) is 129 cm³/mol. The summed E-state index contributed by atoms with van der Waals surface area (Å²) in [6.45, 7) is 0.236. The minimum absolute atomic E-state index is 0.0326. The molecule has 0 saturated heterocycles. The zero-order chi connectivity index (χ0) is 24.3. The minimum Gasteiger partial charge on any atom is -0.383 e. The standard InChI is InChI=1S/C24H18F3N5OS/c25-24(26,27)16-4-1-5-18(11-16)32-23(33)31-17-8-6-14(7-9-17)19-13-34-21-15(3-2-10-28)12-30-22(29)20(19)21/h1,4-9,11-13H,10,28H2,(H2,29,30)(H2,31,32,33). The summed E-state index contributed by atoms with van der Waals surface area (Å²) in [5.74, 6) is 6.20. The number of aromatic nitrogens is 1. The number of rotatable bonds is 3. The number of nitrogens with one attached hydrogen (secondary N) is 2. The highest BCUT2D eigenvalue weighted by Gasteiger charge is 2.30. The molecule has 2 heterocycles. The Bertz CT molecular complexity index is 1420. The summed E-state index contributed by atoms with van der Waals surface area (Å²) in [7, 11) is 0. The van der Waals surface area contributed by atoms with Crippen molar-refractivity contribution >= 4 is 44.6 Å². The molecule has 6 nitrogen and oxygen atoms in total. The molecule has 0 radical (unpaired) electrons. The van der Waals surface area contributed by atoms with Crippen LogP contribution in [0.2, 0.25) is 0 Å². The molecule has 172 valence electrons. The number of fused-ring (bicyclic) bond motifs is 1. The smallest absolute Gasteiger partial charge is 0.383 e. The first-order chi connectivity index (χ1) is 16.3. The van der Waals surface area contributed by atoms with Gasteiger partial charge in [0.25, 0.3) is 0 Å². The number of halogens is 3. The lowest BCUT2D eigenvalue weighted by molar-refractivity contribution is -0.137. The van der Waals surface area contributed by atoms with Gasteiger partial charge in [0.2, 0.25) is 0 Å². The van der Waals surface area contributed by atoms with Crippen molar-refractivity contribution in [3.05, 3.63) is 71.2 Å². The number of nitrogen functional groups attached to an aromatic ring is 1. The maximum absolute atomic E-state index is 12.9. The van der Waals surface area contributed by atoms with Crippen LogP contribution in [-0.4, -0.2) is 17.6 Å². The van der Waals surface area contributed by atoms with Crippen molar-refractivity contribution < 1.29 is 18.0 Å². The molecule has 0 bridgehead atoms. The number of urea groups is 1. The molecular weight excluding hydrogens is 463 g/mol. The molecule has 0 aliphatic rings. The highest BCUT2D eigenvalue weighted by molar-refractivity contribution is 7.18. The number of carbonyl (C=O) groups is 1. The van der Waals surface area contributed by atoms with Crippen LogP contribution in [-0.2, 0) is 6.18 Å². The van der Waals surface area contributed by atoms with E-state index in [1.165, 1.54) is 23.5 Å². The molecule has 10 heteroatoms. The van der Waals surface area contributed by atoms with Crippen LogP contribution in [0.1, 0.15) is 11.1 Å². The molecule has 0 unspecified atom stereocenters. The number of nitrogens with two attached hydrogens (primary N) is 2. The van der Waals surface area contributed by atoms with Crippen molar-refractivity contribution in [2.45, 2.75) is 6.18 Å². The summed E-state index contributed by atoms with van der Waals surface area (Å²) in [4.78, 5) is 16.5. The Balaban J connectivity index is 1.52. The predicted octanol–water partition coefficient (Wildman–Crippen LogP) is 5.52. The van der Waals surface area contributed by atoms with Gasteiger partial charge in [0, 0.05) is 28.5 Å². The SMILES string of the molecule is NCC#Cc1cnc(N)c2c(-c3ccc(NC(=O)Nc4cccc(C(F)(F)F)c4)cc3)csc12. The van der Waals surface area contributed by atoms with Crippen molar-refractivity contribution in [3.63, 3.8) is 0 Å². The Morgan fingerprint density at radius 1 is 1.09 bits per heavy atom. The van der Waals surface area contributed by atoms with E-state index in [9.17, 15) is 18.0 Å². The number of amides is 2. The number of alkyl halides is 3. The average Bonchev–Trinajstić information content (AvgIpc) is 3.25. The Hall–Kier alpha value is -4.07. The summed E-state index contributed by atoms with van der Waals surface area (Å²) in [5.41, 5.74) is 13.7. The van der Waals surface area contributed by atoms with Gasteiger partial charge in [0.15, 0.2) is 0 Å². The lowest BCUT2D eigenvalue weighted by atomic mass is 10.0. The number of hydrogen-bond donors (Lipinski definition) is 4. The maximum atomic E-state index is 12.9. The topological polar surface area (TPSA) is 106 Å². The Morgan fingerprint density at radius 3 is 2.53 bits per heavy atom. The first-order valence-corrected chi connectivity index (χ1v) is 10.8. The third-order valence-electron chi connectivity index (χ3n) is 4.85. The molecule has 0 atom stereocenters. The minimum atomic E-state index is -4.49. The fraction of sp³-hybridized carbons (Fsp3) is 0.0833. The van der Waals surface area contributed by atoms with Gasteiger partial charge in [0.05, 0.1) is 22.4 Å². The quantitative estimate of drug-likeness (QED) is 0.289. The van der Waals surface area contributed by atoms with E-state index < -0.39 is 17.8 Å². The Morgan fingerprint density at radius 2 is 1.82 bits per heavy atom. The third kappa shape index (κ3) is 4.96. The zero-order valence-corrected chi connectivity index (χ0v) is 18.3. The fourth-order valence-corrected chi connectivity index (χ4v) is 4.37. The molecule has 4 aromatic rings. The summed E-state index contributed by atoms with van der Waals surface area (Å²) < 4.78 is 39.5. The van der Waals surface area contributed by atoms with E-state index >= 15 is 0 Å². The first kappa shape index (κ1) is 23.1. The molecule has 2 aromatic carbocycles. The summed E-state index contributed by atoms with van der Waals surface area (Å²) >= 11 is 1.50. The van der Waals surface area contributed by atoms with E-state index in [0.717, 1.165) is 38.9 Å². The van der Waals surface area contributed by atoms with E-state index in [1.54, 1.807) is 30.5 Å². The maximum Gasteiger partial charge on any atom is 0.416 e. The second kappa shape index (κ2) is 9.43. The van der Waals surface area contributed by atoms with Gasteiger partial charge in [-0.15, -0.1) is 11.3 Å². The van der Waals surface area contributed by atoms with Crippen molar-refractivity contribution in [1.82, 2.24) is 4.98 Å². The number of nitrogens with zero attached hydrogens (tertiary/aromatic N) is 1. The average molecular weight is 482 g/mol. The van der Waals surface area contributed by atoms with Crippen molar-refractivity contribution in [2.75, 3.05) is 22.9 Å². The number of anilines is 3. The van der Waals surface area contributed by atoms with Crippen molar-refractivity contribution in [1.29, 1.82) is 0 Å². The molecule has 0 spiro atoms. The van der Waals surface area contributed by atoms with Crippen LogP contribution < -0.4 is 22.1 Å². The molecule has 0 aliphatic carbocycles. The third-order valence-corrected chi connectivity index (χ3v) is 5.86. The number of thiophene rings is 1. The van der Waals surface area contributed by atoms with E-state index in [-0.39, 0.29) is 12.2 Å². The van der Waals surface area contributed by atoms with E-state index in [0.29, 0.717) is 11.5 Å². The number of pyridine rings is 1. The largest absolute Gasteiger partial charge is 0.416 e.